The zero-order valence-corrected chi connectivity index (χ0v) is 27.7. The molecule has 262 valence electrons. The van der Waals surface area contributed by atoms with Crippen molar-refractivity contribution in [3.05, 3.63) is 126 Å². The number of halogens is 2. The van der Waals surface area contributed by atoms with Crippen LogP contribution in [0.5, 0.6) is 23.0 Å². The number of nitrogens with zero attached hydrogens (tertiary/aromatic N) is 3. The summed E-state index contributed by atoms with van der Waals surface area (Å²) in [7, 11) is 3.02. The Morgan fingerprint density at radius 1 is 0.922 bits per heavy atom. The molecule has 51 heavy (non-hydrogen) atoms. The number of rotatable bonds is 13. The molecule has 0 fully saturated rings. The second kappa shape index (κ2) is 15.7. The van der Waals surface area contributed by atoms with E-state index in [9.17, 15) is 19.1 Å². The van der Waals surface area contributed by atoms with E-state index in [2.05, 4.69) is 10.3 Å². The number of aliphatic hydroxyl groups is 1. The summed E-state index contributed by atoms with van der Waals surface area (Å²) in [4.78, 5) is 33.6. The Labute approximate surface area is 292 Å². The van der Waals surface area contributed by atoms with Crippen molar-refractivity contribution in [2.75, 3.05) is 37.6 Å². The molecule has 1 atom stereocenters. The zero-order chi connectivity index (χ0) is 35.9. The molecule has 0 radical (unpaired) electrons. The number of hydrogen-bond acceptors (Lipinski definition) is 8. The summed E-state index contributed by atoms with van der Waals surface area (Å²) in [5.41, 5.74) is 1.28. The molecule has 11 nitrogen and oxygen atoms in total. The predicted molar refractivity (Wildman–Crippen MR) is 186 cm³/mol. The summed E-state index contributed by atoms with van der Waals surface area (Å²) in [5, 5.41) is 14.3. The van der Waals surface area contributed by atoms with Gasteiger partial charge in [-0.15, -0.1) is 0 Å². The lowest BCUT2D eigenvalue weighted by Gasteiger charge is -2.37. The molecule has 1 aliphatic rings. The standard InChI is InChI=1S/C38H34F2N4O7/c1-48-34-20-28-32(21-35(34)49-2)41-16-15-33(28)51-27-13-14-31(30(40)19-27)42-36(45)29-22-43(17-6-18-50-23-24-7-4-3-5-8-24)38(47)44(37(29)46)26-11-9-25(39)10-12-26/h3-5,7-16,19-22,37,46H,6,17-18,23H2,1-2H3,(H,42,45). The first-order chi connectivity index (χ1) is 24.7. The molecule has 1 unspecified atom stereocenters. The average molecular weight is 697 g/mol. The maximum atomic E-state index is 15.4. The number of pyridine rings is 1. The number of fused-ring (bicyclic) bond motifs is 1. The maximum absolute atomic E-state index is 15.4. The summed E-state index contributed by atoms with van der Waals surface area (Å²) >= 11 is 0. The fraction of sp³-hybridized carbons (Fsp3) is 0.184. The summed E-state index contributed by atoms with van der Waals surface area (Å²) in [6.45, 7) is 0.832. The quantitative estimate of drug-likeness (QED) is 0.126. The van der Waals surface area contributed by atoms with Crippen molar-refractivity contribution in [3.8, 4) is 23.0 Å². The first-order valence-electron chi connectivity index (χ1n) is 15.9. The highest BCUT2D eigenvalue weighted by Crippen LogP contribution is 2.37. The molecule has 13 heteroatoms. The van der Waals surface area contributed by atoms with E-state index in [4.69, 9.17) is 18.9 Å². The minimum absolute atomic E-state index is 0.136. The number of methoxy groups -OCH3 is 2. The number of benzene rings is 4. The van der Waals surface area contributed by atoms with Crippen LogP contribution in [0.15, 0.2) is 109 Å². The van der Waals surface area contributed by atoms with E-state index >= 15 is 4.39 Å². The average Bonchev–Trinajstić information content (AvgIpc) is 3.14. The van der Waals surface area contributed by atoms with E-state index < -0.39 is 29.8 Å². The fourth-order valence-electron chi connectivity index (χ4n) is 5.48. The van der Waals surface area contributed by atoms with Crippen LogP contribution in [0.25, 0.3) is 10.9 Å². The topological polar surface area (TPSA) is 123 Å². The molecular formula is C38H34F2N4O7. The lowest BCUT2D eigenvalue weighted by molar-refractivity contribution is -0.113. The van der Waals surface area contributed by atoms with Gasteiger partial charge in [-0.25, -0.2) is 13.6 Å². The smallest absolute Gasteiger partial charge is 0.330 e. The van der Waals surface area contributed by atoms with Gasteiger partial charge in [0.15, 0.2) is 17.7 Å². The van der Waals surface area contributed by atoms with Crippen LogP contribution in [0.3, 0.4) is 0 Å². The largest absolute Gasteiger partial charge is 0.493 e. The molecule has 4 aromatic carbocycles. The lowest BCUT2D eigenvalue weighted by Crippen LogP contribution is -2.53. The monoisotopic (exact) mass is 696 g/mol. The first-order valence-corrected chi connectivity index (χ1v) is 15.9. The number of carbonyl (C=O) groups excluding carboxylic acids is 2. The van der Waals surface area contributed by atoms with Gasteiger partial charge in [0.1, 0.15) is 23.1 Å². The van der Waals surface area contributed by atoms with Gasteiger partial charge < -0.3 is 29.4 Å². The van der Waals surface area contributed by atoms with Gasteiger partial charge in [-0.2, -0.15) is 0 Å². The minimum atomic E-state index is -1.75. The normalized spacial score (nSPS) is 14.3. The Balaban J connectivity index is 1.19. The van der Waals surface area contributed by atoms with Crippen molar-refractivity contribution in [2.45, 2.75) is 19.3 Å². The van der Waals surface area contributed by atoms with E-state index in [1.54, 1.807) is 24.4 Å². The molecule has 1 aromatic heterocycles. The van der Waals surface area contributed by atoms with Gasteiger partial charge in [-0.1, -0.05) is 30.3 Å². The van der Waals surface area contributed by atoms with Gasteiger partial charge in [0, 0.05) is 48.8 Å². The van der Waals surface area contributed by atoms with E-state index in [1.165, 1.54) is 49.6 Å². The molecule has 0 aliphatic carbocycles. The second-order valence-corrected chi connectivity index (χ2v) is 11.4. The highest BCUT2D eigenvalue weighted by molar-refractivity contribution is 6.08. The van der Waals surface area contributed by atoms with E-state index in [0.29, 0.717) is 47.8 Å². The number of aliphatic hydroxyl groups excluding tert-OH is 1. The number of amides is 3. The summed E-state index contributed by atoms with van der Waals surface area (Å²) < 4.78 is 51.6. The molecule has 0 bridgehead atoms. The Morgan fingerprint density at radius 2 is 1.67 bits per heavy atom. The maximum Gasteiger partial charge on any atom is 0.330 e. The Hall–Kier alpha value is -6.05. The van der Waals surface area contributed by atoms with Gasteiger partial charge in [0.05, 0.1) is 37.6 Å². The molecule has 2 heterocycles. The fourth-order valence-corrected chi connectivity index (χ4v) is 5.48. The Morgan fingerprint density at radius 3 is 2.39 bits per heavy atom. The third-order valence-electron chi connectivity index (χ3n) is 8.06. The van der Waals surface area contributed by atoms with Gasteiger partial charge in [-0.3, -0.25) is 19.6 Å². The number of ether oxygens (including phenoxy) is 4. The number of carbonyl (C=O) groups is 2. The van der Waals surface area contributed by atoms with Crippen LogP contribution >= 0.6 is 0 Å². The third-order valence-corrected chi connectivity index (χ3v) is 8.06. The number of nitrogens with one attached hydrogen (secondary N) is 1. The van der Waals surface area contributed by atoms with E-state index in [-0.39, 0.29) is 29.2 Å². The van der Waals surface area contributed by atoms with Crippen LogP contribution in [0.1, 0.15) is 12.0 Å². The summed E-state index contributed by atoms with van der Waals surface area (Å²) in [6.07, 6.45) is 1.42. The van der Waals surface area contributed by atoms with Crippen molar-refractivity contribution in [1.82, 2.24) is 9.88 Å². The van der Waals surface area contributed by atoms with E-state index in [0.717, 1.165) is 28.7 Å². The molecule has 0 saturated heterocycles. The lowest BCUT2D eigenvalue weighted by atomic mass is 10.1. The van der Waals surface area contributed by atoms with Crippen molar-refractivity contribution in [1.29, 1.82) is 0 Å². The minimum Gasteiger partial charge on any atom is -0.493 e. The highest BCUT2D eigenvalue weighted by atomic mass is 19.1. The molecule has 0 saturated carbocycles. The van der Waals surface area contributed by atoms with Crippen LogP contribution in [-0.2, 0) is 16.1 Å². The Bertz CT molecular complexity index is 2060. The van der Waals surface area contributed by atoms with Crippen molar-refractivity contribution in [2.24, 2.45) is 0 Å². The van der Waals surface area contributed by atoms with Gasteiger partial charge >= 0.3 is 6.03 Å². The molecule has 0 spiro atoms. The first kappa shape index (κ1) is 34.8. The third kappa shape index (κ3) is 7.90. The molecule has 5 aromatic rings. The highest BCUT2D eigenvalue weighted by Gasteiger charge is 2.37. The number of aromatic nitrogens is 1. The van der Waals surface area contributed by atoms with Crippen molar-refractivity contribution >= 4 is 34.2 Å². The number of urea groups is 1. The van der Waals surface area contributed by atoms with Gasteiger partial charge in [0.25, 0.3) is 5.91 Å². The van der Waals surface area contributed by atoms with Gasteiger partial charge in [0.2, 0.25) is 0 Å². The van der Waals surface area contributed by atoms with Crippen LogP contribution < -0.4 is 24.4 Å². The second-order valence-electron chi connectivity index (χ2n) is 11.4. The van der Waals surface area contributed by atoms with Crippen LogP contribution in [-0.4, -0.2) is 60.5 Å². The summed E-state index contributed by atoms with van der Waals surface area (Å²) in [5.74, 6) is -0.758. The zero-order valence-electron chi connectivity index (χ0n) is 27.7. The van der Waals surface area contributed by atoms with Crippen molar-refractivity contribution < 1.29 is 42.4 Å². The SMILES string of the molecule is COc1cc2nccc(Oc3ccc(NC(=O)C4=CN(CCCOCc5ccccc5)C(=O)N(c5ccc(F)cc5)C4O)c(F)c3)c2cc1OC. The van der Waals surface area contributed by atoms with Crippen LogP contribution in [0.2, 0.25) is 0 Å². The van der Waals surface area contributed by atoms with Crippen molar-refractivity contribution in [3.63, 3.8) is 0 Å². The predicted octanol–water partition coefficient (Wildman–Crippen LogP) is 7.01. The molecular weight excluding hydrogens is 662 g/mol. The van der Waals surface area contributed by atoms with E-state index in [1.807, 2.05) is 30.3 Å². The van der Waals surface area contributed by atoms with Gasteiger partial charge in [-0.05, 0) is 60.5 Å². The molecule has 3 amide bonds. The number of hydrogen-bond donors (Lipinski definition) is 2. The van der Waals surface area contributed by atoms with Crippen LogP contribution in [0.4, 0.5) is 25.0 Å². The molecule has 2 N–H and O–H groups in total. The molecule has 6 rings (SSSR count). The summed E-state index contributed by atoms with van der Waals surface area (Å²) in [6, 6.07) is 22.8. The van der Waals surface area contributed by atoms with Crippen LogP contribution in [0, 0.1) is 11.6 Å². The Kier molecular flexibility index (Phi) is 10.7. The molecule has 1 aliphatic heterocycles. The number of anilines is 2.